The summed E-state index contributed by atoms with van der Waals surface area (Å²) in [5.74, 6) is -0.860. The Hall–Kier alpha value is -2.37. The second kappa shape index (κ2) is 59.2. The molecule has 0 aliphatic rings. The lowest BCUT2D eigenvalue weighted by Gasteiger charge is -2.18. The zero-order valence-corrected chi connectivity index (χ0v) is 47.1. The number of hydrogen-bond acceptors (Lipinski definition) is 6. The Labute approximate surface area is 435 Å². The van der Waals surface area contributed by atoms with E-state index in [0.29, 0.717) is 19.3 Å². The van der Waals surface area contributed by atoms with Crippen LogP contribution < -0.4 is 0 Å². The summed E-state index contributed by atoms with van der Waals surface area (Å²) in [6.45, 7) is 6.58. The molecule has 0 aromatic heterocycles. The van der Waals surface area contributed by atoms with Gasteiger partial charge in [-0.25, -0.2) is 0 Å². The SMILES string of the molecule is CC/C=C\C/C=C\C/C=C\CCCCCCCCC(=O)OCC(COC(=O)CCCCCCCCCCCCCCCCCCCCC)OC(=O)CCCCCCCCCCCCCCCCCCC. The van der Waals surface area contributed by atoms with Crippen LogP contribution in [-0.2, 0) is 28.6 Å². The Kier molecular flexibility index (Phi) is 57.2. The van der Waals surface area contributed by atoms with Crippen LogP contribution >= 0.6 is 0 Å². The summed E-state index contributed by atoms with van der Waals surface area (Å²) in [4.78, 5) is 38.3. The first-order valence-corrected chi connectivity index (χ1v) is 31.0. The van der Waals surface area contributed by atoms with E-state index < -0.39 is 6.10 Å². The number of unbranched alkanes of at least 4 members (excludes halogenated alkanes) is 40. The number of ether oxygens (including phenoxy) is 3. The Morgan fingerprint density at radius 2 is 0.557 bits per heavy atom. The van der Waals surface area contributed by atoms with Crippen LogP contribution in [0.2, 0.25) is 0 Å². The van der Waals surface area contributed by atoms with Gasteiger partial charge in [-0.3, -0.25) is 14.4 Å². The zero-order valence-electron chi connectivity index (χ0n) is 47.1. The lowest BCUT2D eigenvalue weighted by atomic mass is 10.0. The molecule has 0 radical (unpaired) electrons. The van der Waals surface area contributed by atoms with Gasteiger partial charge in [0.25, 0.3) is 0 Å². The van der Waals surface area contributed by atoms with Gasteiger partial charge in [0, 0.05) is 19.3 Å². The average Bonchev–Trinajstić information content (AvgIpc) is 3.36. The molecule has 0 fully saturated rings. The van der Waals surface area contributed by atoms with Crippen LogP contribution in [0.1, 0.15) is 335 Å². The highest BCUT2D eigenvalue weighted by Gasteiger charge is 2.19. The van der Waals surface area contributed by atoms with Gasteiger partial charge in [-0.1, -0.05) is 301 Å². The van der Waals surface area contributed by atoms with Crippen molar-refractivity contribution in [3.8, 4) is 0 Å². The molecule has 410 valence electrons. The summed E-state index contributed by atoms with van der Waals surface area (Å²) < 4.78 is 16.9. The fourth-order valence-corrected chi connectivity index (χ4v) is 9.28. The maximum atomic E-state index is 12.9. The van der Waals surface area contributed by atoms with Crippen molar-refractivity contribution in [2.75, 3.05) is 13.2 Å². The number of hydrogen-bond donors (Lipinski definition) is 0. The van der Waals surface area contributed by atoms with E-state index in [9.17, 15) is 14.4 Å². The molecule has 0 N–H and O–H groups in total. The largest absolute Gasteiger partial charge is 0.462 e. The fourth-order valence-electron chi connectivity index (χ4n) is 9.28. The van der Waals surface area contributed by atoms with E-state index in [-0.39, 0.29) is 31.1 Å². The van der Waals surface area contributed by atoms with E-state index in [0.717, 1.165) is 83.5 Å². The molecule has 0 amide bonds. The molecular weight excluding hydrogens is 865 g/mol. The normalized spacial score (nSPS) is 12.2. The molecule has 6 nitrogen and oxygen atoms in total. The third kappa shape index (κ3) is 56.5. The first-order valence-electron chi connectivity index (χ1n) is 31.0. The summed E-state index contributed by atoms with van der Waals surface area (Å²) in [7, 11) is 0. The zero-order chi connectivity index (χ0) is 50.7. The molecule has 0 bridgehead atoms. The molecule has 0 rings (SSSR count). The van der Waals surface area contributed by atoms with Crippen LogP contribution in [0.4, 0.5) is 0 Å². The molecule has 0 saturated heterocycles. The predicted molar refractivity (Wildman–Crippen MR) is 302 cm³/mol. The fraction of sp³-hybridized carbons (Fsp3) is 0.859. The highest BCUT2D eigenvalue weighted by atomic mass is 16.6. The van der Waals surface area contributed by atoms with Gasteiger partial charge in [-0.15, -0.1) is 0 Å². The quantitative estimate of drug-likeness (QED) is 0.0261. The minimum atomic E-state index is -0.774. The van der Waals surface area contributed by atoms with E-state index in [1.165, 1.54) is 212 Å². The Bertz CT molecular complexity index is 1170. The van der Waals surface area contributed by atoms with Gasteiger partial charge >= 0.3 is 17.9 Å². The molecule has 6 heteroatoms. The van der Waals surface area contributed by atoms with Crippen LogP contribution in [0.3, 0.4) is 0 Å². The molecule has 70 heavy (non-hydrogen) atoms. The van der Waals surface area contributed by atoms with Gasteiger partial charge in [-0.05, 0) is 51.4 Å². The number of carbonyl (C=O) groups is 3. The Morgan fingerprint density at radius 3 is 0.871 bits per heavy atom. The van der Waals surface area contributed by atoms with Crippen molar-refractivity contribution in [2.45, 2.75) is 341 Å². The maximum Gasteiger partial charge on any atom is 0.306 e. The van der Waals surface area contributed by atoms with Crippen LogP contribution in [0.15, 0.2) is 36.5 Å². The van der Waals surface area contributed by atoms with Crippen LogP contribution in [-0.4, -0.2) is 37.2 Å². The standard InChI is InChI=1S/C64H118O6/c1-4-7-10-13-16-19-22-25-28-31-32-34-36-39-42-45-48-51-54-57-63(66)69-60-61(59-68-62(65)56-53-50-47-44-41-38-35-30-27-24-21-18-15-12-9-6-3)70-64(67)58-55-52-49-46-43-40-37-33-29-26-23-20-17-14-11-8-5-2/h9,12,18,21,27,30,61H,4-8,10-11,13-17,19-20,22-26,28-29,31-60H2,1-3H3/b12-9-,21-18-,30-27-. The van der Waals surface area contributed by atoms with Crippen molar-refractivity contribution in [1.29, 1.82) is 0 Å². The van der Waals surface area contributed by atoms with E-state index >= 15 is 0 Å². The summed E-state index contributed by atoms with van der Waals surface area (Å²) in [6, 6.07) is 0. The topological polar surface area (TPSA) is 78.9 Å². The van der Waals surface area contributed by atoms with Crippen molar-refractivity contribution < 1.29 is 28.6 Å². The number of esters is 3. The number of rotatable bonds is 57. The number of carbonyl (C=O) groups excluding carboxylic acids is 3. The monoisotopic (exact) mass is 983 g/mol. The van der Waals surface area contributed by atoms with Gasteiger partial charge < -0.3 is 14.2 Å². The maximum absolute atomic E-state index is 12.9. The summed E-state index contributed by atoms with van der Waals surface area (Å²) in [5, 5.41) is 0. The van der Waals surface area contributed by atoms with Crippen molar-refractivity contribution >= 4 is 17.9 Å². The second-order valence-electron chi connectivity index (χ2n) is 21.0. The van der Waals surface area contributed by atoms with Crippen LogP contribution in [0, 0.1) is 0 Å². The predicted octanol–water partition coefficient (Wildman–Crippen LogP) is 20.8. The Morgan fingerprint density at radius 1 is 0.300 bits per heavy atom. The van der Waals surface area contributed by atoms with Crippen LogP contribution in [0.25, 0.3) is 0 Å². The minimum absolute atomic E-state index is 0.0709. The lowest BCUT2D eigenvalue weighted by molar-refractivity contribution is -0.167. The molecular formula is C64H118O6. The lowest BCUT2D eigenvalue weighted by Crippen LogP contribution is -2.30. The third-order valence-electron chi connectivity index (χ3n) is 13.9. The van der Waals surface area contributed by atoms with Gasteiger partial charge in [0.2, 0.25) is 0 Å². The second-order valence-corrected chi connectivity index (χ2v) is 21.0. The van der Waals surface area contributed by atoms with E-state index in [2.05, 4.69) is 57.2 Å². The third-order valence-corrected chi connectivity index (χ3v) is 13.9. The molecule has 0 aromatic rings. The first kappa shape index (κ1) is 67.6. The molecule has 0 saturated carbocycles. The van der Waals surface area contributed by atoms with E-state index in [1.807, 2.05) is 0 Å². The van der Waals surface area contributed by atoms with Crippen molar-refractivity contribution in [3.05, 3.63) is 36.5 Å². The molecule has 0 heterocycles. The van der Waals surface area contributed by atoms with Gasteiger partial charge in [0.1, 0.15) is 13.2 Å². The van der Waals surface area contributed by atoms with Gasteiger partial charge in [0.05, 0.1) is 0 Å². The average molecular weight is 984 g/mol. The minimum Gasteiger partial charge on any atom is -0.462 e. The molecule has 0 aromatic carbocycles. The highest BCUT2D eigenvalue weighted by Crippen LogP contribution is 2.18. The van der Waals surface area contributed by atoms with Crippen molar-refractivity contribution in [2.24, 2.45) is 0 Å². The number of allylic oxidation sites excluding steroid dienone is 6. The molecule has 1 unspecified atom stereocenters. The Balaban J connectivity index is 4.32. The molecule has 0 aliphatic carbocycles. The first-order chi connectivity index (χ1) is 34.5. The molecule has 0 aliphatic heterocycles. The summed E-state index contributed by atoms with van der Waals surface area (Å²) >= 11 is 0. The van der Waals surface area contributed by atoms with Gasteiger partial charge in [-0.2, -0.15) is 0 Å². The van der Waals surface area contributed by atoms with Gasteiger partial charge in [0.15, 0.2) is 6.10 Å². The van der Waals surface area contributed by atoms with Crippen molar-refractivity contribution in [1.82, 2.24) is 0 Å². The van der Waals surface area contributed by atoms with E-state index in [4.69, 9.17) is 14.2 Å². The van der Waals surface area contributed by atoms with Crippen molar-refractivity contribution in [3.63, 3.8) is 0 Å². The van der Waals surface area contributed by atoms with E-state index in [1.54, 1.807) is 0 Å². The molecule has 0 spiro atoms. The smallest absolute Gasteiger partial charge is 0.306 e. The molecule has 1 atom stereocenters. The highest BCUT2D eigenvalue weighted by molar-refractivity contribution is 5.71. The summed E-state index contributed by atoms with van der Waals surface area (Å²) in [6.07, 6.45) is 71.4. The summed E-state index contributed by atoms with van der Waals surface area (Å²) in [5.41, 5.74) is 0. The van der Waals surface area contributed by atoms with Crippen LogP contribution in [0.5, 0.6) is 0 Å².